The minimum absolute atomic E-state index is 0.0444. The van der Waals surface area contributed by atoms with E-state index in [1.807, 2.05) is 30.3 Å². The highest BCUT2D eigenvalue weighted by atomic mass is 19.1. The molecule has 1 aliphatic heterocycles. The first-order valence-corrected chi connectivity index (χ1v) is 10.6. The quantitative estimate of drug-likeness (QED) is 0.589. The van der Waals surface area contributed by atoms with Crippen molar-refractivity contribution in [2.45, 2.75) is 25.3 Å². The maximum absolute atomic E-state index is 13.0. The van der Waals surface area contributed by atoms with Crippen LogP contribution in [0.15, 0.2) is 60.8 Å². The Bertz CT molecular complexity index is 1040. The lowest BCUT2D eigenvalue weighted by atomic mass is 10.0. The zero-order chi connectivity index (χ0) is 22.3. The molecule has 1 aromatic heterocycles. The molecule has 0 bridgehead atoms. The first-order chi connectivity index (χ1) is 15.6. The number of methoxy groups -OCH3 is 1. The van der Waals surface area contributed by atoms with Crippen molar-refractivity contribution in [1.82, 2.24) is 15.3 Å². The monoisotopic (exact) mass is 435 g/mol. The van der Waals surface area contributed by atoms with Gasteiger partial charge in [0.05, 0.1) is 13.5 Å². The van der Waals surface area contributed by atoms with Crippen LogP contribution in [0.25, 0.3) is 0 Å². The molecule has 1 fully saturated rings. The molecule has 4 rings (SSSR count). The molecule has 1 amide bonds. The van der Waals surface area contributed by atoms with E-state index in [2.05, 4.69) is 25.5 Å². The molecule has 0 spiro atoms. The highest BCUT2D eigenvalue weighted by molar-refractivity contribution is 5.78. The van der Waals surface area contributed by atoms with Crippen LogP contribution in [-0.4, -0.2) is 42.1 Å². The van der Waals surface area contributed by atoms with Gasteiger partial charge in [0, 0.05) is 31.0 Å². The fraction of sp³-hybridized carbons (Fsp3) is 0.292. The number of amides is 1. The Hall–Kier alpha value is -3.68. The smallest absolute Gasteiger partial charge is 0.227 e. The minimum atomic E-state index is -0.299. The maximum atomic E-state index is 13.0. The van der Waals surface area contributed by atoms with E-state index in [0.29, 0.717) is 5.95 Å². The Morgan fingerprint density at radius 1 is 1.09 bits per heavy atom. The Balaban J connectivity index is 1.28. The maximum Gasteiger partial charge on any atom is 0.227 e. The average molecular weight is 436 g/mol. The number of hydrogen-bond acceptors (Lipinski definition) is 6. The van der Waals surface area contributed by atoms with Gasteiger partial charge in [-0.05, 0) is 60.9 Å². The molecule has 2 N–H and O–H groups in total. The van der Waals surface area contributed by atoms with E-state index in [4.69, 9.17) is 4.74 Å². The van der Waals surface area contributed by atoms with Crippen LogP contribution in [0.4, 0.5) is 21.8 Å². The Kier molecular flexibility index (Phi) is 6.79. The van der Waals surface area contributed by atoms with E-state index in [1.165, 1.54) is 12.1 Å². The molecular formula is C24H26FN5O2. The number of nitrogens with zero attached hydrogens (tertiary/aromatic N) is 3. The van der Waals surface area contributed by atoms with Crippen molar-refractivity contribution < 1.29 is 13.9 Å². The second kappa shape index (κ2) is 10.1. The zero-order valence-corrected chi connectivity index (χ0v) is 17.9. The molecule has 32 heavy (non-hydrogen) atoms. The number of carbonyl (C=O) groups excluding carboxylic acids is 1. The van der Waals surface area contributed by atoms with E-state index >= 15 is 0 Å². The summed E-state index contributed by atoms with van der Waals surface area (Å²) in [5.74, 6) is 1.84. The van der Waals surface area contributed by atoms with Crippen molar-refractivity contribution in [2.24, 2.45) is 0 Å². The normalized spacial score (nSPS) is 14.1. The van der Waals surface area contributed by atoms with Gasteiger partial charge in [-0.2, -0.15) is 4.98 Å². The molecule has 166 valence electrons. The van der Waals surface area contributed by atoms with Crippen molar-refractivity contribution in [3.63, 3.8) is 0 Å². The highest BCUT2D eigenvalue weighted by Crippen LogP contribution is 2.21. The number of piperidine rings is 1. The predicted molar refractivity (Wildman–Crippen MR) is 122 cm³/mol. The summed E-state index contributed by atoms with van der Waals surface area (Å²) < 4.78 is 18.2. The van der Waals surface area contributed by atoms with Gasteiger partial charge in [0.15, 0.2) is 0 Å². The summed E-state index contributed by atoms with van der Waals surface area (Å²) in [6.45, 7) is 1.51. The fourth-order valence-corrected chi connectivity index (χ4v) is 3.68. The van der Waals surface area contributed by atoms with Crippen molar-refractivity contribution >= 4 is 23.4 Å². The topological polar surface area (TPSA) is 79.4 Å². The van der Waals surface area contributed by atoms with Crippen LogP contribution in [0, 0.1) is 5.82 Å². The number of hydrogen-bond donors (Lipinski definition) is 2. The molecule has 8 heteroatoms. The van der Waals surface area contributed by atoms with E-state index in [9.17, 15) is 9.18 Å². The lowest BCUT2D eigenvalue weighted by molar-refractivity contribution is -0.121. The molecule has 0 atom stereocenters. The van der Waals surface area contributed by atoms with Gasteiger partial charge in [0.2, 0.25) is 11.9 Å². The second-order valence-corrected chi connectivity index (χ2v) is 7.73. The summed E-state index contributed by atoms with van der Waals surface area (Å²) in [7, 11) is 1.64. The van der Waals surface area contributed by atoms with E-state index in [0.717, 1.165) is 48.7 Å². The Morgan fingerprint density at radius 2 is 1.81 bits per heavy atom. The van der Waals surface area contributed by atoms with Gasteiger partial charge in [0.1, 0.15) is 17.4 Å². The summed E-state index contributed by atoms with van der Waals surface area (Å²) >= 11 is 0. The third-order valence-electron chi connectivity index (χ3n) is 5.43. The van der Waals surface area contributed by atoms with Crippen LogP contribution >= 0.6 is 0 Å². The molecule has 2 aromatic carbocycles. The fourth-order valence-electron chi connectivity index (χ4n) is 3.68. The van der Waals surface area contributed by atoms with Crippen LogP contribution in [0.1, 0.15) is 18.4 Å². The number of benzene rings is 2. The molecule has 0 radical (unpaired) electrons. The standard InChI is InChI=1S/C24H26FN5O2/c1-32-21-8-6-19(7-9-21)27-22-10-13-26-24(29-22)30-14-11-20(12-15-30)28-23(31)16-17-2-4-18(25)5-3-17/h2-10,13,20H,11-12,14-16H2,1H3,(H,28,31)(H,26,27,29). The van der Waals surface area contributed by atoms with Gasteiger partial charge in [0.25, 0.3) is 0 Å². The Labute approximate surface area is 186 Å². The SMILES string of the molecule is COc1ccc(Nc2ccnc(N3CCC(NC(=O)Cc4ccc(F)cc4)CC3)n2)cc1. The number of nitrogens with one attached hydrogen (secondary N) is 2. The Morgan fingerprint density at radius 3 is 2.50 bits per heavy atom. The third kappa shape index (κ3) is 5.72. The van der Waals surface area contributed by atoms with Crippen LogP contribution < -0.4 is 20.3 Å². The molecule has 7 nitrogen and oxygen atoms in total. The van der Waals surface area contributed by atoms with Crippen LogP contribution in [0.2, 0.25) is 0 Å². The number of carbonyl (C=O) groups is 1. The molecule has 2 heterocycles. The molecule has 0 unspecified atom stereocenters. The number of ether oxygens (including phenoxy) is 1. The lowest BCUT2D eigenvalue weighted by Gasteiger charge is -2.32. The van der Waals surface area contributed by atoms with Gasteiger partial charge >= 0.3 is 0 Å². The van der Waals surface area contributed by atoms with Crippen LogP contribution in [0.3, 0.4) is 0 Å². The number of aromatic nitrogens is 2. The summed E-state index contributed by atoms with van der Waals surface area (Å²) in [4.78, 5) is 23.5. The van der Waals surface area contributed by atoms with Crippen molar-refractivity contribution in [2.75, 3.05) is 30.4 Å². The van der Waals surface area contributed by atoms with Crippen LogP contribution in [-0.2, 0) is 11.2 Å². The summed E-state index contributed by atoms with van der Waals surface area (Å²) in [5, 5.41) is 6.37. The number of anilines is 3. The molecule has 0 aliphatic carbocycles. The molecular weight excluding hydrogens is 409 g/mol. The first kappa shape index (κ1) is 21.5. The van der Waals surface area contributed by atoms with E-state index in [1.54, 1.807) is 25.4 Å². The summed E-state index contributed by atoms with van der Waals surface area (Å²) in [5.41, 5.74) is 1.72. The van der Waals surface area contributed by atoms with Gasteiger partial charge in [-0.3, -0.25) is 4.79 Å². The first-order valence-electron chi connectivity index (χ1n) is 10.6. The van der Waals surface area contributed by atoms with Gasteiger partial charge in [-0.1, -0.05) is 12.1 Å². The second-order valence-electron chi connectivity index (χ2n) is 7.73. The number of rotatable bonds is 7. The van der Waals surface area contributed by atoms with Crippen molar-refractivity contribution in [3.05, 3.63) is 72.2 Å². The zero-order valence-electron chi connectivity index (χ0n) is 17.9. The van der Waals surface area contributed by atoms with Crippen molar-refractivity contribution in [1.29, 1.82) is 0 Å². The molecule has 1 aliphatic rings. The van der Waals surface area contributed by atoms with Gasteiger partial charge < -0.3 is 20.3 Å². The predicted octanol–water partition coefficient (Wildman–Crippen LogP) is 3.70. The summed E-state index contributed by atoms with van der Waals surface area (Å²) in [6.07, 6.45) is 3.62. The molecule has 3 aromatic rings. The average Bonchev–Trinajstić information content (AvgIpc) is 2.82. The summed E-state index contributed by atoms with van der Waals surface area (Å²) in [6, 6.07) is 15.6. The van der Waals surface area contributed by atoms with Gasteiger partial charge in [-0.25, -0.2) is 9.37 Å². The third-order valence-corrected chi connectivity index (χ3v) is 5.43. The lowest BCUT2D eigenvalue weighted by Crippen LogP contribution is -2.45. The number of halogens is 1. The van der Waals surface area contributed by atoms with Gasteiger partial charge in [-0.15, -0.1) is 0 Å². The van der Waals surface area contributed by atoms with Crippen LogP contribution in [0.5, 0.6) is 5.75 Å². The van der Waals surface area contributed by atoms with E-state index in [-0.39, 0.29) is 24.2 Å². The molecule has 0 saturated carbocycles. The minimum Gasteiger partial charge on any atom is -0.497 e. The molecule has 1 saturated heterocycles. The van der Waals surface area contributed by atoms with E-state index < -0.39 is 0 Å². The highest BCUT2D eigenvalue weighted by Gasteiger charge is 2.22. The van der Waals surface area contributed by atoms with Crippen molar-refractivity contribution in [3.8, 4) is 5.75 Å². The largest absolute Gasteiger partial charge is 0.497 e.